The molecule has 1 N–H and O–H groups in total. The molecule has 0 fully saturated rings. The van der Waals surface area contributed by atoms with E-state index in [2.05, 4.69) is 5.10 Å². The first-order valence-corrected chi connectivity index (χ1v) is 11.2. The van der Waals surface area contributed by atoms with Gasteiger partial charge in [-0.2, -0.15) is 4.31 Å². The Bertz CT molecular complexity index is 1080. The fourth-order valence-electron chi connectivity index (χ4n) is 2.66. The van der Waals surface area contributed by atoms with E-state index in [1.165, 1.54) is 44.7 Å². The SMILES string of the molecule is COCOc1cc(/C=C/S(=O)(=O)N(C(=O)O)C(C)(C)C)n(Cc2ccc(Cl)cc2Cl)n1. The Morgan fingerprint density at radius 1 is 1.29 bits per heavy atom. The molecule has 1 amide bonds. The maximum absolute atomic E-state index is 12.7. The fraction of sp³-hybridized carbons (Fsp3) is 0.368. The zero-order chi connectivity index (χ0) is 23.4. The minimum atomic E-state index is -4.29. The van der Waals surface area contributed by atoms with Gasteiger partial charge in [-0.15, -0.1) is 5.10 Å². The first-order valence-electron chi connectivity index (χ1n) is 8.95. The van der Waals surface area contributed by atoms with E-state index in [0.29, 0.717) is 25.6 Å². The summed E-state index contributed by atoms with van der Waals surface area (Å²) >= 11 is 12.2. The van der Waals surface area contributed by atoms with Gasteiger partial charge in [-0.25, -0.2) is 13.2 Å². The minimum absolute atomic E-state index is 0.0585. The van der Waals surface area contributed by atoms with Crippen molar-refractivity contribution in [3.8, 4) is 5.88 Å². The largest absolute Gasteiger partial charge is 0.464 e. The van der Waals surface area contributed by atoms with Gasteiger partial charge in [-0.05, 0) is 44.5 Å². The minimum Gasteiger partial charge on any atom is -0.464 e. The summed E-state index contributed by atoms with van der Waals surface area (Å²) in [4.78, 5) is 11.5. The summed E-state index contributed by atoms with van der Waals surface area (Å²) in [5.41, 5.74) is -0.134. The highest BCUT2D eigenvalue weighted by molar-refractivity contribution is 7.92. The molecule has 12 heteroatoms. The van der Waals surface area contributed by atoms with Gasteiger partial charge >= 0.3 is 6.09 Å². The van der Waals surface area contributed by atoms with Crippen LogP contribution in [0.25, 0.3) is 6.08 Å². The molecule has 0 aliphatic rings. The highest BCUT2D eigenvalue weighted by atomic mass is 35.5. The molecule has 0 unspecified atom stereocenters. The maximum Gasteiger partial charge on any atom is 0.421 e. The smallest absolute Gasteiger partial charge is 0.421 e. The molecule has 0 saturated heterocycles. The Hall–Kier alpha value is -2.27. The van der Waals surface area contributed by atoms with Gasteiger partial charge in [-0.1, -0.05) is 29.3 Å². The van der Waals surface area contributed by atoms with E-state index in [0.717, 1.165) is 5.41 Å². The molecule has 31 heavy (non-hydrogen) atoms. The van der Waals surface area contributed by atoms with Crippen molar-refractivity contribution in [3.63, 3.8) is 0 Å². The van der Waals surface area contributed by atoms with Crippen molar-refractivity contribution in [2.24, 2.45) is 0 Å². The summed E-state index contributed by atoms with van der Waals surface area (Å²) in [6, 6.07) is 6.47. The fourth-order valence-corrected chi connectivity index (χ4v) is 4.55. The average Bonchev–Trinajstić information content (AvgIpc) is 3.00. The molecule has 0 aliphatic carbocycles. The first kappa shape index (κ1) is 25.0. The highest BCUT2D eigenvalue weighted by Gasteiger charge is 2.35. The molecule has 1 aromatic heterocycles. The number of carboxylic acid groups (broad SMARTS) is 1. The van der Waals surface area contributed by atoms with Gasteiger partial charge in [0.1, 0.15) is 0 Å². The lowest BCUT2D eigenvalue weighted by molar-refractivity contribution is 0.0473. The van der Waals surface area contributed by atoms with Gasteiger partial charge in [-0.3, -0.25) is 4.68 Å². The van der Waals surface area contributed by atoms with E-state index in [1.54, 1.807) is 18.2 Å². The Kier molecular flexibility index (Phi) is 7.98. The van der Waals surface area contributed by atoms with E-state index >= 15 is 0 Å². The predicted molar refractivity (Wildman–Crippen MR) is 118 cm³/mol. The number of benzene rings is 1. The zero-order valence-corrected chi connectivity index (χ0v) is 19.7. The Morgan fingerprint density at radius 3 is 2.52 bits per heavy atom. The van der Waals surface area contributed by atoms with Crippen LogP contribution in [0.3, 0.4) is 0 Å². The summed E-state index contributed by atoms with van der Waals surface area (Å²) in [6.45, 7) is 4.58. The van der Waals surface area contributed by atoms with Crippen molar-refractivity contribution in [1.82, 2.24) is 14.1 Å². The van der Waals surface area contributed by atoms with Crippen LogP contribution in [0.1, 0.15) is 32.0 Å². The summed E-state index contributed by atoms with van der Waals surface area (Å²) in [5.74, 6) is 0.190. The molecule has 0 atom stereocenters. The third kappa shape index (κ3) is 6.60. The van der Waals surface area contributed by atoms with Crippen molar-refractivity contribution >= 4 is 45.4 Å². The molecule has 0 aliphatic heterocycles. The Balaban J connectivity index is 2.44. The van der Waals surface area contributed by atoms with Gasteiger partial charge in [0.2, 0.25) is 5.88 Å². The number of amides is 1. The number of aromatic nitrogens is 2. The van der Waals surface area contributed by atoms with E-state index in [9.17, 15) is 18.3 Å². The molecule has 1 aromatic carbocycles. The van der Waals surface area contributed by atoms with Crippen LogP contribution in [0, 0.1) is 0 Å². The van der Waals surface area contributed by atoms with Gasteiger partial charge in [0, 0.05) is 23.2 Å². The van der Waals surface area contributed by atoms with Crippen molar-refractivity contribution in [1.29, 1.82) is 0 Å². The van der Waals surface area contributed by atoms with Crippen LogP contribution in [-0.4, -0.2) is 53.1 Å². The van der Waals surface area contributed by atoms with E-state index in [1.807, 2.05) is 0 Å². The molecular weight excluding hydrogens is 469 g/mol. The molecule has 0 radical (unpaired) electrons. The number of ether oxygens (including phenoxy) is 2. The maximum atomic E-state index is 12.7. The van der Waals surface area contributed by atoms with Gasteiger partial charge in [0.25, 0.3) is 10.0 Å². The molecule has 0 bridgehead atoms. The third-order valence-corrected chi connectivity index (χ3v) is 6.18. The normalized spacial score (nSPS) is 12.3. The van der Waals surface area contributed by atoms with E-state index in [-0.39, 0.29) is 19.2 Å². The molecule has 1 heterocycles. The van der Waals surface area contributed by atoms with Crippen molar-refractivity contribution in [2.45, 2.75) is 32.9 Å². The highest BCUT2D eigenvalue weighted by Crippen LogP contribution is 2.25. The predicted octanol–water partition coefficient (Wildman–Crippen LogP) is 4.30. The standard InChI is InChI=1S/C19H23Cl2N3O6S/c1-19(2,3)24(18(25)26)31(27,28)8-7-15-10-17(30-12-29-4)22-23(15)11-13-5-6-14(20)9-16(13)21/h5-10H,11-12H2,1-4H3,(H,25,26)/b8-7+. The number of carbonyl (C=O) groups is 1. The van der Waals surface area contributed by atoms with Crippen LogP contribution in [0.5, 0.6) is 5.88 Å². The topological polar surface area (TPSA) is 111 Å². The molecule has 2 rings (SSSR count). The molecular formula is C19H23Cl2N3O6S. The first-order chi connectivity index (χ1) is 14.3. The molecule has 170 valence electrons. The van der Waals surface area contributed by atoms with Crippen LogP contribution in [0.15, 0.2) is 29.7 Å². The van der Waals surface area contributed by atoms with E-state index < -0.39 is 21.7 Å². The molecule has 0 spiro atoms. The second-order valence-corrected chi connectivity index (χ2v) is 9.93. The molecule has 0 saturated carbocycles. The number of hydrogen-bond donors (Lipinski definition) is 1. The monoisotopic (exact) mass is 491 g/mol. The number of nitrogens with zero attached hydrogens (tertiary/aromatic N) is 3. The van der Waals surface area contributed by atoms with Gasteiger partial charge < -0.3 is 14.6 Å². The van der Waals surface area contributed by atoms with Crippen molar-refractivity contribution in [2.75, 3.05) is 13.9 Å². The van der Waals surface area contributed by atoms with Crippen LogP contribution in [0.2, 0.25) is 10.0 Å². The lowest BCUT2D eigenvalue weighted by atomic mass is 10.1. The Morgan fingerprint density at radius 2 is 1.97 bits per heavy atom. The summed E-state index contributed by atoms with van der Waals surface area (Å²) in [5, 5.41) is 15.4. The average molecular weight is 492 g/mol. The quantitative estimate of drug-likeness (QED) is 0.547. The van der Waals surface area contributed by atoms with Gasteiger partial charge in [0.15, 0.2) is 6.79 Å². The lowest BCUT2D eigenvalue weighted by Gasteiger charge is -2.30. The van der Waals surface area contributed by atoms with Gasteiger partial charge in [0.05, 0.1) is 23.2 Å². The van der Waals surface area contributed by atoms with Crippen molar-refractivity contribution < 1.29 is 27.8 Å². The third-order valence-electron chi connectivity index (χ3n) is 3.90. The van der Waals surface area contributed by atoms with Crippen LogP contribution in [-0.2, 0) is 21.3 Å². The molecule has 2 aromatic rings. The second-order valence-electron chi connectivity index (χ2n) is 7.42. The lowest BCUT2D eigenvalue weighted by Crippen LogP contribution is -2.47. The van der Waals surface area contributed by atoms with Crippen LogP contribution < -0.4 is 4.74 Å². The zero-order valence-electron chi connectivity index (χ0n) is 17.4. The summed E-state index contributed by atoms with van der Waals surface area (Å²) in [7, 11) is -2.84. The van der Waals surface area contributed by atoms with Crippen LogP contribution in [0.4, 0.5) is 4.79 Å². The summed E-state index contributed by atoms with van der Waals surface area (Å²) < 4.78 is 37.4. The number of methoxy groups -OCH3 is 1. The number of halogens is 2. The number of sulfonamides is 1. The molecule has 9 nitrogen and oxygen atoms in total. The number of hydrogen-bond acceptors (Lipinski definition) is 6. The van der Waals surface area contributed by atoms with E-state index in [4.69, 9.17) is 32.7 Å². The summed E-state index contributed by atoms with van der Waals surface area (Å²) in [6.07, 6.45) is -0.337. The van der Waals surface area contributed by atoms with Crippen molar-refractivity contribution in [3.05, 3.63) is 51.0 Å². The second kappa shape index (κ2) is 9.90. The van der Waals surface area contributed by atoms with Crippen LogP contribution >= 0.6 is 23.2 Å². The Labute approximate surface area is 190 Å². The number of rotatable bonds is 8.